The molecule has 0 radical (unpaired) electrons. The number of carbonyl (C=O) groups excluding carboxylic acids is 1. The molecule has 3 N–H and O–H groups in total. The smallest absolute Gasteiger partial charge is 0.227 e. The lowest BCUT2D eigenvalue weighted by Crippen LogP contribution is -2.45. The molecule has 0 unspecified atom stereocenters. The third-order valence-electron chi connectivity index (χ3n) is 4.54. The predicted molar refractivity (Wildman–Crippen MR) is 106 cm³/mol. The van der Waals surface area contributed by atoms with Crippen LogP contribution in [0.5, 0.6) is 0 Å². The van der Waals surface area contributed by atoms with E-state index in [2.05, 4.69) is 25.8 Å². The van der Waals surface area contributed by atoms with Crippen molar-refractivity contribution in [2.45, 2.75) is 20.3 Å². The number of morpholine rings is 1. The Balaban J connectivity index is 1.85. The third kappa shape index (κ3) is 7.60. The van der Waals surface area contributed by atoms with Gasteiger partial charge < -0.3 is 25.1 Å². The lowest BCUT2D eigenvalue weighted by atomic mass is 9.93. The SMILES string of the molecule is CNC(=O)C(C)(C)CN=C(NCCc1ccco1)NCCN1CCOCC1. The second-order valence-corrected chi connectivity index (χ2v) is 7.26. The molecule has 1 saturated heterocycles. The molecule has 0 atom stereocenters. The van der Waals surface area contributed by atoms with E-state index in [9.17, 15) is 4.79 Å². The molecule has 8 nitrogen and oxygen atoms in total. The van der Waals surface area contributed by atoms with Crippen LogP contribution in [-0.2, 0) is 16.0 Å². The van der Waals surface area contributed by atoms with Gasteiger partial charge in [0.05, 0.1) is 31.4 Å². The van der Waals surface area contributed by atoms with Crippen LogP contribution in [0.3, 0.4) is 0 Å². The molecule has 0 aromatic carbocycles. The minimum Gasteiger partial charge on any atom is -0.469 e. The number of aliphatic imine (C=N–C) groups is 1. The van der Waals surface area contributed by atoms with Gasteiger partial charge in [0, 0.05) is 46.2 Å². The average Bonchev–Trinajstić information content (AvgIpc) is 3.19. The number of furan rings is 1. The van der Waals surface area contributed by atoms with E-state index in [1.165, 1.54) is 0 Å². The summed E-state index contributed by atoms with van der Waals surface area (Å²) in [5.41, 5.74) is -0.561. The molecule has 0 bridgehead atoms. The quantitative estimate of drug-likeness (QED) is 0.427. The standard InChI is InChI=1S/C19H33N5O3/c1-19(2,17(25)20-3)15-23-18(21-7-6-16-5-4-12-27-16)22-8-9-24-10-13-26-14-11-24/h4-5,12H,6-11,13-15H2,1-3H3,(H,20,25)(H2,21,22,23). The number of ether oxygens (including phenoxy) is 1. The van der Waals surface area contributed by atoms with E-state index >= 15 is 0 Å². The maximum absolute atomic E-state index is 12.0. The summed E-state index contributed by atoms with van der Waals surface area (Å²) in [5, 5.41) is 9.40. The van der Waals surface area contributed by atoms with Gasteiger partial charge in [-0.3, -0.25) is 14.7 Å². The van der Waals surface area contributed by atoms with Crippen LogP contribution in [0, 0.1) is 5.41 Å². The minimum atomic E-state index is -0.561. The van der Waals surface area contributed by atoms with Gasteiger partial charge in [0.25, 0.3) is 0 Å². The Labute approximate surface area is 161 Å². The Bertz CT molecular complexity index is 580. The van der Waals surface area contributed by atoms with Crippen molar-refractivity contribution in [2.24, 2.45) is 10.4 Å². The number of rotatable bonds is 9. The molecule has 152 valence electrons. The maximum atomic E-state index is 12.0. The van der Waals surface area contributed by atoms with Gasteiger partial charge in [-0.15, -0.1) is 0 Å². The van der Waals surface area contributed by atoms with Gasteiger partial charge in [0.1, 0.15) is 5.76 Å². The van der Waals surface area contributed by atoms with Gasteiger partial charge in [-0.25, -0.2) is 0 Å². The number of carbonyl (C=O) groups is 1. The minimum absolute atomic E-state index is 0.0190. The van der Waals surface area contributed by atoms with E-state index in [4.69, 9.17) is 9.15 Å². The van der Waals surface area contributed by atoms with Gasteiger partial charge in [0.15, 0.2) is 5.96 Å². The first-order valence-electron chi connectivity index (χ1n) is 9.58. The highest BCUT2D eigenvalue weighted by atomic mass is 16.5. The van der Waals surface area contributed by atoms with Crippen molar-refractivity contribution in [3.8, 4) is 0 Å². The number of amides is 1. The van der Waals surface area contributed by atoms with Crippen LogP contribution in [0.25, 0.3) is 0 Å². The summed E-state index contributed by atoms with van der Waals surface area (Å²) in [6.45, 7) is 10.1. The highest BCUT2D eigenvalue weighted by molar-refractivity contribution is 5.83. The fourth-order valence-electron chi connectivity index (χ4n) is 2.78. The van der Waals surface area contributed by atoms with Crippen LogP contribution in [0.1, 0.15) is 19.6 Å². The first-order valence-corrected chi connectivity index (χ1v) is 9.58. The van der Waals surface area contributed by atoms with E-state index < -0.39 is 5.41 Å². The lowest BCUT2D eigenvalue weighted by molar-refractivity contribution is -0.128. The molecule has 1 aliphatic heterocycles. The van der Waals surface area contributed by atoms with Crippen LogP contribution >= 0.6 is 0 Å². The molecular formula is C19H33N5O3. The molecule has 2 rings (SSSR count). The normalized spacial score (nSPS) is 16.2. The fraction of sp³-hybridized carbons (Fsp3) is 0.684. The van der Waals surface area contributed by atoms with E-state index in [-0.39, 0.29) is 5.91 Å². The monoisotopic (exact) mass is 379 g/mol. The molecule has 0 saturated carbocycles. The van der Waals surface area contributed by atoms with Crippen LogP contribution < -0.4 is 16.0 Å². The van der Waals surface area contributed by atoms with Gasteiger partial charge in [-0.05, 0) is 26.0 Å². The lowest BCUT2D eigenvalue weighted by Gasteiger charge is -2.27. The van der Waals surface area contributed by atoms with Crippen LogP contribution in [0.4, 0.5) is 0 Å². The number of hydrogen-bond acceptors (Lipinski definition) is 5. The van der Waals surface area contributed by atoms with Crippen LogP contribution in [-0.4, -0.2) is 76.3 Å². The van der Waals surface area contributed by atoms with E-state index in [0.29, 0.717) is 19.0 Å². The fourth-order valence-corrected chi connectivity index (χ4v) is 2.78. The first-order chi connectivity index (χ1) is 13.0. The van der Waals surface area contributed by atoms with Crippen molar-refractivity contribution in [3.63, 3.8) is 0 Å². The molecule has 2 heterocycles. The van der Waals surface area contributed by atoms with Gasteiger partial charge in [-0.1, -0.05) is 0 Å². The summed E-state index contributed by atoms with van der Waals surface area (Å²) in [6.07, 6.45) is 2.45. The highest BCUT2D eigenvalue weighted by Crippen LogP contribution is 2.15. The van der Waals surface area contributed by atoms with Gasteiger partial charge in [-0.2, -0.15) is 0 Å². The van der Waals surface area contributed by atoms with E-state index in [1.807, 2.05) is 26.0 Å². The van der Waals surface area contributed by atoms with Crippen molar-refractivity contribution in [2.75, 3.05) is 59.5 Å². The Morgan fingerprint density at radius 1 is 1.26 bits per heavy atom. The Kier molecular flexibility index (Phi) is 8.60. The summed E-state index contributed by atoms with van der Waals surface area (Å²) in [5.74, 6) is 1.63. The highest BCUT2D eigenvalue weighted by Gasteiger charge is 2.26. The zero-order chi connectivity index (χ0) is 19.5. The Morgan fingerprint density at radius 3 is 2.67 bits per heavy atom. The zero-order valence-electron chi connectivity index (χ0n) is 16.7. The molecule has 27 heavy (non-hydrogen) atoms. The number of nitrogens with zero attached hydrogens (tertiary/aromatic N) is 2. The third-order valence-corrected chi connectivity index (χ3v) is 4.54. The zero-order valence-corrected chi connectivity index (χ0v) is 16.7. The topological polar surface area (TPSA) is 91.1 Å². The summed E-state index contributed by atoms with van der Waals surface area (Å²) in [7, 11) is 1.65. The van der Waals surface area contributed by atoms with Crippen molar-refractivity contribution < 1.29 is 13.9 Å². The van der Waals surface area contributed by atoms with Crippen LogP contribution in [0.15, 0.2) is 27.8 Å². The number of guanidine groups is 1. The van der Waals surface area contributed by atoms with E-state index in [1.54, 1.807) is 13.3 Å². The molecule has 1 fully saturated rings. The van der Waals surface area contributed by atoms with Gasteiger partial charge in [0.2, 0.25) is 5.91 Å². The first kappa shape index (κ1) is 21.2. The summed E-state index contributed by atoms with van der Waals surface area (Å²) in [6, 6.07) is 3.84. The Hall–Kier alpha value is -2.06. The largest absolute Gasteiger partial charge is 0.469 e. The molecule has 8 heteroatoms. The second kappa shape index (κ2) is 10.9. The average molecular weight is 380 g/mol. The molecule has 0 spiro atoms. The van der Waals surface area contributed by atoms with Crippen molar-refractivity contribution >= 4 is 11.9 Å². The Morgan fingerprint density at radius 2 is 2.00 bits per heavy atom. The molecule has 1 aromatic rings. The predicted octanol–water partition coefficient (Wildman–Crippen LogP) is 0.462. The summed E-state index contributed by atoms with van der Waals surface area (Å²) >= 11 is 0. The second-order valence-electron chi connectivity index (χ2n) is 7.26. The molecule has 1 aliphatic rings. The molecule has 0 aliphatic carbocycles. The van der Waals surface area contributed by atoms with Crippen molar-refractivity contribution in [1.29, 1.82) is 0 Å². The molecule has 1 amide bonds. The van der Waals surface area contributed by atoms with Crippen molar-refractivity contribution in [1.82, 2.24) is 20.9 Å². The van der Waals surface area contributed by atoms with Crippen molar-refractivity contribution in [3.05, 3.63) is 24.2 Å². The van der Waals surface area contributed by atoms with Gasteiger partial charge >= 0.3 is 0 Å². The molecular weight excluding hydrogens is 346 g/mol. The van der Waals surface area contributed by atoms with E-state index in [0.717, 1.165) is 51.6 Å². The number of hydrogen-bond donors (Lipinski definition) is 3. The summed E-state index contributed by atoms with van der Waals surface area (Å²) < 4.78 is 10.7. The maximum Gasteiger partial charge on any atom is 0.227 e. The van der Waals surface area contributed by atoms with Crippen LogP contribution in [0.2, 0.25) is 0 Å². The number of nitrogens with one attached hydrogen (secondary N) is 3. The summed E-state index contributed by atoms with van der Waals surface area (Å²) in [4.78, 5) is 19.0. The molecule has 1 aromatic heterocycles.